The number of ether oxygens (including phenoxy) is 1. The molecule has 1 fully saturated rings. The van der Waals surface area contributed by atoms with Gasteiger partial charge in [0.05, 0.1) is 5.56 Å². The number of carboxylic acids is 1. The van der Waals surface area contributed by atoms with Crippen LogP contribution in [0.25, 0.3) is 11.1 Å². The van der Waals surface area contributed by atoms with Crippen molar-refractivity contribution in [3.05, 3.63) is 89.0 Å². The number of amides is 2. The fourth-order valence-corrected chi connectivity index (χ4v) is 4.77. The summed E-state index contributed by atoms with van der Waals surface area (Å²) < 4.78 is 5.55. The molecule has 0 heterocycles. The van der Waals surface area contributed by atoms with Crippen LogP contribution in [0.3, 0.4) is 0 Å². The molecule has 2 aliphatic carbocycles. The number of benzene rings is 3. The van der Waals surface area contributed by atoms with Crippen LogP contribution in [0.1, 0.15) is 39.4 Å². The zero-order valence-corrected chi connectivity index (χ0v) is 19.3. The topological polar surface area (TPSA) is 105 Å². The first-order valence-electron chi connectivity index (χ1n) is 11.7. The predicted molar refractivity (Wildman–Crippen MR) is 131 cm³/mol. The van der Waals surface area contributed by atoms with Gasteiger partial charge in [-0.05, 0) is 59.2 Å². The van der Waals surface area contributed by atoms with Crippen LogP contribution in [0.2, 0.25) is 0 Å². The summed E-state index contributed by atoms with van der Waals surface area (Å²) in [4.78, 5) is 36.2. The molecule has 0 saturated heterocycles. The Labute approximate surface area is 203 Å². The predicted octanol–water partition coefficient (Wildman–Crippen LogP) is 4.81. The summed E-state index contributed by atoms with van der Waals surface area (Å²) in [7, 11) is 0. The number of alkyl carbamates (subject to hydrolysis) is 1. The number of fused-ring (bicyclic) bond motifs is 3. The van der Waals surface area contributed by atoms with E-state index in [2.05, 4.69) is 34.9 Å². The first-order chi connectivity index (χ1) is 16.9. The minimum absolute atomic E-state index is 0.00240. The van der Waals surface area contributed by atoms with Gasteiger partial charge in [-0.2, -0.15) is 0 Å². The molecule has 2 amide bonds. The van der Waals surface area contributed by atoms with E-state index in [1.54, 1.807) is 6.07 Å². The molecule has 2 aliphatic rings. The van der Waals surface area contributed by atoms with E-state index in [4.69, 9.17) is 9.84 Å². The van der Waals surface area contributed by atoms with Crippen LogP contribution < -0.4 is 10.6 Å². The van der Waals surface area contributed by atoms with Gasteiger partial charge in [0.25, 0.3) is 0 Å². The lowest BCUT2D eigenvalue weighted by Crippen LogP contribution is -2.29. The molecule has 3 N–H and O–H groups in total. The summed E-state index contributed by atoms with van der Waals surface area (Å²) >= 11 is 0. The molecule has 7 heteroatoms. The number of hydrogen-bond donors (Lipinski definition) is 3. The van der Waals surface area contributed by atoms with E-state index in [1.807, 2.05) is 31.2 Å². The first-order valence-corrected chi connectivity index (χ1v) is 11.7. The number of aromatic carboxylic acids is 1. The number of carbonyl (C=O) groups is 3. The average molecular weight is 471 g/mol. The Morgan fingerprint density at radius 3 is 2.29 bits per heavy atom. The minimum Gasteiger partial charge on any atom is -0.478 e. The molecular formula is C28H26N2O5. The van der Waals surface area contributed by atoms with Crippen molar-refractivity contribution in [2.45, 2.75) is 19.3 Å². The van der Waals surface area contributed by atoms with Crippen molar-refractivity contribution in [2.75, 3.05) is 18.5 Å². The van der Waals surface area contributed by atoms with Gasteiger partial charge in [-0.1, -0.05) is 54.6 Å². The monoisotopic (exact) mass is 470 g/mol. The molecule has 3 aromatic rings. The summed E-state index contributed by atoms with van der Waals surface area (Å²) in [6, 6.07) is 21.0. The Bertz CT molecular complexity index is 1270. The molecule has 178 valence electrons. The lowest BCUT2D eigenvalue weighted by molar-refractivity contribution is -0.117. The number of hydrogen-bond acceptors (Lipinski definition) is 4. The average Bonchev–Trinajstić information content (AvgIpc) is 3.58. The first kappa shape index (κ1) is 22.7. The molecule has 1 saturated carbocycles. The van der Waals surface area contributed by atoms with Crippen LogP contribution in [0.4, 0.5) is 10.5 Å². The van der Waals surface area contributed by atoms with Crippen molar-refractivity contribution in [1.29, 1.82) is 0 Å². The van der Waals surface area contributed by atoms with Crippen LogP contribution in [0, 0.1) is 18.8 Å². The van der Waals surface area contributed by atoms with Crippen molar-refractivity contribution in [2.24, 2.45) is 11.8 Å². The van der Waals surface area contributed by atoms with Crippen LogP contribution in [-0.2, 0) is 9.53 Å². The second kappa shape index (κ2) is 9.25. The molecule has 35 heavy (non-hydrogen) atoms. The van der Waals surface area contributed by atoms with Gasteiger partial charge in [-0.3, -0.25) is 4.79 Å². The van der Waals surface area contributed by atoms with Crippen molar-refractivity contribution < 1.29 is 24.2 Å². The second-order valence-corrected chi connectivity index (χ2v) is 9.13. The van der Waals surface area contributed by atoms with E-state index in [1.165, 1.54) is 23.3 Å². The quantitative estimate of drug-likeness (QED) is 0.460. The number of nitrogens with one attached hydrogen (secondary N) is 2. The van der Waals surface area contributed by atoms with Gasteiger partial charge < -0.3 is 20.5 Å². The molecule has 7 nitrogen and oxygen atoms in total. The van der Waals surface area contributed by atoms with Gasteiger partial charge in [0.15, 0.2) is 0 Å². The molecule has 0 unspecified atom stereocenters. The fraction of sp³-hybridized carbons (Fsp3) is 0.250. The fourth-order valence-electron chi connectivity index (χ4n) is 4.77. The number of anilines is 1. The van der Waals surface area contributed by atoms with Crippen LogP contribution in [0.5, 0.6) is 0 Å². The third-order valence-electron chi connectivity index (χ3n) is 6.85. The Balaban J connectivity index is 1.11. The van der Waals surface area contributed by atoms with E-state index in [-0.39, 0.29) is 35.8 Å². The largest absolute Gasteiger partial charge is 0.478 e. The third kappa shape index (κ3) is 4.62. The summed E-state index contributed by atoms with van der Waals surface area (Å²) in [6.07, 6.45) is 0.163. The highest BCUT2D eigenvalue weighted by Gasteiger charge is 2.43. The molecule has 2 atom stereocenters. The highest BCUT2D eigenvalue weighted by atomic mass is 16.5. The third-order valence-corrected chi connectivity index (χ3v) is 6.85. The molecule has 0 aromatic heterocycles. The molecule has 0 spiro atoms. The molecule has 0 aliphatic heterocycles. The van der Waals surface area contributed by atoms with E-state index in [9.17, 15) is 14.4 Å². The Morgan fingerprint density at radius 2 is 1.63 bits per heavy atom. The van der Waals surface area contributed by atoms with Gasteiger partial charge in [-0.15, -0.1) is 0 Å². The lowest BCUT2D eigenvalue weighted by atomic mass is 9.98. The number of rotatable bonds is 7. The number of aryl methyl sites for hydroxylation is 1. The highest BCUT2D eigenvalue weighted by Crippen LogP contribution is 2.44. The zero-order valence-electron chi connectivity index (χ0n) is 19.3. The smallest absolute Gasteiger partial charge is 0.407 e. The van der Waals surface area contributed by atoms with Crippen LogP contribution >= 0.6 is 0 Å². The summed E-state index contributed by atoms with van der Waals surface area (Å²) in [5.74, 6) is -1.42. The number of carboxylic acid groups (broad SMARTS) is 1. The van der Waals surface area contributed by atoms with Gasteiger partial charge >= 0.3 is 12.1 Å². The van der Waals surface area contributed by atoms with E-state index in [0.717, 1.165) is 16.7 Å². The molecule has 0 bridgehead atoms. The standard InChI is InChI=1S/C28H26N2O5/c1-16-10-11-17(27(32)33)13-25(16)30-26(31)23-12-18(23)14-29-28(34)35-15-24-21-8-4-2-6-19(21)20-7-3-5-9-22(20)24/h2-11,13,18,23-24H,12,14-15H2,1H3,(H,29,34)(H,30,31)(H,32,33)/t18-,23-/m0/s1. The molecule has 5 rings (SSSR count). The van der Waals surface area contributed by atoms with Gasteiger partial charge in [0.2, 0.25) is 5.91 Å². The van der Waals surface area contributed by atoms with E-state index in [0.29, 0.717) is 18.7 Å². The lowest BCUT2D eigenvalue weighted by Gasteiger charge is -2.14. The summed E-state index contributed by atoms with van der Waals surface area (Å²) in [5.41, 5.74) is 6.06. The van der Waals surface area contributed by atoms with Crippen molar-refractivity contribution in [1.82, 2.24) is 5.32 Å². The van der Waals surface area contributed by atoms with Crippen molar-refractivity contribution >= 4 is 23.7 Å². The Kier molecular flexibility index (Phi) is 5.99. The highest BCUT2D eigenvalue weighted by molar-refractivity contribution is 5.97. The summed E-state index contributed by atoms with van der Waals surface area (Å²) in [6.45, 7) is 2.40. The van der Waals surface area contributed by atoms with Gasteiger partial charge in [0, 0.05) is 24.1 Å². The maximum Gasteiger partial charge on any atom is 0.407 e. The van der Waals surface area contributed by atoms with Crippen LogP contribution in [-0.4, -0.2) is 36.2 Å². The van der Waals surface area contributed by atoms with Crippen molar-refractivity contribution in [3.63, 3.8) is 0 Å². The van der Waals surface area contributed by atoms with Gasteiger partial charge in [0.1, 0.15) is 6.61 Å². The molecule has 0 radical (unpaired) electrons. The molecule has 3 aromatic carbocycles. The summed E-state index contributed by atoms with van der Waals surface area (Å²) in [5, 5.41) is 14.8. The normalized spacial score (nSPS) is 17.7. The molecular weight excluding hydrogens is 444 g/mol. The van der Waals surface area contributed by atoms with E-state index < -0.39 is 12.1 Å². The minimum atomic E-state index is -1.04. The maximum atomic E-state index is 12.6. The van der Waals surface area contributed by atoms with E-state index >= 15 is 0 Å². The zero-order chi connectivity index (χ0) is 24.5. The van der Waals surface area contributed by atoms with Gasteiger partial charge in [-0.25, -0.2) is 9.59 Å². The number of carbonyl (C=O) groups excluding carboxylic acids is 2. The van der Waals surface area contributed by atoms with Crippen LogP contribution in [0.15, 0.2) is 66.7 Å². The second-order valence-electron chi connectivity index (χ2n) is 9.13. The Hall–Kier alpha value is -4.13. The van der Waals surface area contributed by atoms with Crippen molar-refractivity contribution in [3.8, 4) is 11.1 Å². The maximum absolute atomic E-state index is 12.6. The Morgan fingerprint density at radius 1 is 0.971 bits per heavy atom. The SMILES string of the molecule is Cc1ccc(C(=O)O)cc1NC(=O)[C@H]1C[C@H]1CNC(=O)OCC1c2ccccc2-c2ccccc21.